The molecule has 0 unspecified atom stereocenters. The lowest BCUT2D eigenvalue weighted by Gasteiger charge is -2.05. The molecule has 0 radical (unpaired) electrons. The fourth-order valence-corrected chi connectivity index (χ4v) is 2.98. The summed E-state index contributed by atoms with van der Waals surface area (Å²) in [6.07, 6.45) is 0. The summed E-state index contributed by atoms with van der Waals surface area (Å²) in [6, 6.07) is 13.9. The fraction of sp³-hybridized carbons (Fsp3) is 0. The highest BCUT2D eigenvalue weighted by Gasteiger charge is 2.09. The van der Waals surface area contributed by atoms with Crippen LogP contribution in [0.3, 0.4) is 0 Å². The third kappa shape index (κ3) is 2.96. The van der Waals surface area contributed by atoms with Crippen LogP contribution in [0.5, 0.6) is 0 Å². The maximum Gasteiger partial charge on any atom is 0.269 e. The van der Waals surface area contributed by atoms with Crippen molar-refractivity contribution in [2.75, 3.05) is 0 Å². The minimum atomic E-state index is -0.425. The lowest BCUT2D eigenvalue weighted by atomic mass is 10.2. The molecule has 1 heterocycles. The van der Waals surface area contributed by atoms with Gasteiger partial charge in [-0.25, -0.2) is 9.97 Å². The summed E-state index contributed by atoms with van der Waals surface area (Å²) in [4.78, 5) is 19.5. The van der Waals surface area contributed by atoms with Crippen molar-refractivity contribution in [2.45, 2.75) is 9.92 Å². The topological polar surface area (TPSA) is 68.9 Å². The summed E-state index contributed by atoms with van der Waals surface area (Å²) in [5.41, 5.74) is 0.826. The van der Waals surface area contributed by atoms with Crippen LogP contribution in [0, 0.1) is 10.1 Å². The molecule has 1 aromatic heterocycles. The van der Waals surface area contributed by atoms with Crippen LogP contribution in [-0.4, -0.2) is 14.9 Å². The molecule has 21 heavy (non-hydrogen) atoms. The zero-order chi connectivity index (χ0) is 14.8. The number of benzene rings is 2. The first-order chi connectivity index (χ1) is 10.1. The van der Waals surface area contributed by atoms with E-state index in [1.165, 1.54) is 23.9 Å². The maximum atomic E-state index is 10.7. The second-order valence-electron chi connectivity index (χ2n) is 4.17. The van der Waals surface area contributed by atoms with Gasteiger partial charge in [-0.3, -0.25) is 10.1 Å². The maximum absolute atomic E-state index is 10.7. The monoisotopic (exact) mass is 317 g/mol. The first-order valence-electron chi connectivity index (χ1n) is 5.98. The Bertz CT molecular complexity index is 824. The molecule has 0 saturated heterocycles. The van der Waals surface area contributed by atoms with Crippen molar-refractivity contribution in [1.29, 1.82) is 0 Å². The molecule has 0 N–H and O–H groups in total. The van der Waals surface area contributed by atoms with E-state index in [0.29, 0.717) is 0 Å². The molecule has 3 rings (SSSR count). The minimum Gasteiger partial charge on any atom is -0.258 e. The van der Waals surface area contributed by atoms with Crippen LogP contribution in [-0.2, 0) is 0 Å². The Labute approximate surface area is 129 Å². The van der Waals surface area contributed by atoms with Crippen LogP contribution in [0.25, 0.3) is 10.9 Å². The molecule has 0 saturated carbocycles. The van der Waals surface area contributed by atoms with Crippen molar-refractivity contribution in [3.05, 3.63) is 63.9 Å². The number of nitro benzene ring substituents is 1. The zero-order valence-corrected chi connectivity index (χ0v) is 12.1. The summed E-state index contributed by atoms with van der Waals surface area (Å²) in [6.45, 7) is 0. The largest absolute Gasteiger partial charge is 0.269 e. The van der Waals surface area contributed by atoms with Gasteiger partial charge in [0, 0.05) is 22.4 Å². The molecule has 5 nitrogen and oxygen atoms in total. The molecule has 0 aliphatic heterocycles. The number of halogens is 1. The molecular formula is C14H8ClN3O2S. The van der Waals surface area contributed by atoms with Gasteiger partial charge < -0.3 is 0 Å². The van der Waals surface area contributed by atoms with E-state index < -0.39 is 4.92 Å². The van der Waals surface area contributed by atoms with E-state index in [2.05, 4.69) is 9.97 Å². The predicted molar refractivity (Wildman–Crippen MR) is 81.8 cm³/mol. The highest BCUT2D eigenvalue weighted by atomic mass is 35.5. The molecule has 3 aromatic rings. The van der Waals surface area contributed by atoms with Gasteiger partial charge in [0.05, 0.1) is 10.4 Å². The van der Waals surface area contributed by atoms with Gasteiger partial charge in [0.25, 0.3) is 5.69 Å². The van der Waals surface area contributed by atoms with Crippen molar-refractivity contribution in [2.24, 2.45) is 0 Å². The molecule has 0 amide bonds. The second-order valence-corrected chi connectivity index (χ2v) is 5.57. The number of hydrogen-bond acceptors (Lipinski definition) is 5. The van der Waals surface area contributed by atoms with Crippen LogP contribution >= 0.6 is 23.4 Å². The molecule has 2 aromatic carbocycles. The lowest BCUT2D eigenvalue weighted by molar-refractivity contribution is -0.384. The highest BCUT2D eigenvalue weighted by molar-refractivity contribution is 7.99. The Morgan fingerprint density at radius 3 is 2.48 bits per heavy atom. The Kier molecular flexibility index (Phi) is 3.72. The van der Waals surface area contributed by atoms with Crippen LogP contribution in [0.15, 0.2) is 58.5 Å². The van der Waals surface area contributed by atoms with Gasteiger partial charge in [-0.2, -0.15) is 0 Å². The third-order valence-electron chi connectivity index (χ3n) is 2.80. The van der Waals surface area contributed by atoms with Crippen molar-refractivity contribution in [3.63, 3.8) is 0 Å². The van der Waals surface area contributed by atoms with Gasteiger partial charge >= 0.3 is 0 Å². The number of non-ortho nitro benzene ring substituents is 1. The molecule has 104 valence electrons. The summed E-state index contributed by atoms with van der Waals surface area (Å²) in [5.74, 6) is 0. The second kappa shape index (κ2) is 5.67. The quantitative estimate of drug-likeness (QED) is 0.311. The van der Waals surface area contributed by atoms with Crippen LogP contribution in [0.2, 0.25) is 5.28 Å². The number of hydrogen-bond donors (Lipinski definition) is 0. The molecule has 0 spiro atoms. The van der Waals surface area contributed by atoms with E-state index in [0.717, 1.165) is 20.8 Å². The number of nitro groups is 1. The van der Waals surface area contributed by atoms with Crippen LogP contribution in [0.4, 0.5) is 5.69 Å². The first-order valence-corrected chi connectivity index (χ1v) is 7.17. The van der Waals surface area contributed by atoms with Gasteiger partial charge in [0.2, 0.25) is 5.28 Å². The fourth-order valence-electron chi connectivity index (χ4n) is 1.85. The summed E-state index contributed by atoms with van der Waals surface area (Å²) < 4.78 is 0. The van der Waals surface area contributed by atoms with Crippen molar-refractivity contribution in [1.82, 2.24) is 9.97 Å². The van der Waals surface area contributed by atoms with Crippen molar-refractivity contribution in [3.8, 4) is 0 Å². The minimum absolute atomic E-state index is 0.0601. The Hall–Kier alpha value is -2.18. The van der Waals surface area contributed by atoms with E-state index in [4.69, 9.17) is 11.6 Å². The molecule has 7 heteroatoms. The van der Waals surface area contributed by atoms with E-state index in [9.17, 15) is 10.1 Å². The van der Waals surface area contributed by atoms with Gasteiger partial charge in [0.15, 0.2) is 0 Å². The number of nitrogens with zero attached hydrogens (tertiary/aromatic N) is 3. The van der Waals surface area contributed by atoms with E-state index in [-0.39, 0.29) is 11.0 Å². The Balaban J connectivity index is 1.99. The van der Waals surface area contributed by atoms with Gasteiger partial charge in [0.1, 0.15) is 5.03 Å². The Morgan fingerprint density at radius 1 is 1.05 bits per heavy atom. The SMILES string of the molecule is O=[N+]([O-])c1ccc(Sc2nc(Cl)nc3ccccc23)cc1. The number of fused-ring (bicyclic) bond motifs is 1. The molecule has 0 bridgehead atoms. The van der Waals surface area contributed by atoms with Crippen LogP contribution < -0.4 is 0 Å². The van der Waals surface area contributed by atoms with E-state index in [1.54, 1.807) is 12.1 Å². The average molecular weight is 318 g/mol. The predicted octanol–water partition coefficient (Wildman–Crippen LogP) is 4.34. The van der Waals surface area contributed by atoms with Crippen molar-refractivity contribution >= 4 is 40.0 Å². The van der Waals surface area contributed by atoms with E-state index >= 15 is 0 Å². The normalized spacial score (nSPS) is 10.7. The molecule has 0 fully saturated rings. The Morgan fingerprint density at radius 2 is 1.76 bits per heavy atom. The third-order valence-corrected chi connectivity index (χ3v) is 3.98. The van der Waals surface area contributed by atoms with Gasteiger partial charge in [-0.15, -0.1) is 0 Å². The highest BCUT2D eigenvalue weighted by Crippen LogP contribution is 2.32. The van der Waals surface area contributed by atoms with Crippen molar-refractivity contribution < 1.29 is 4.92 Å². The molecule has 0 aliphatic carbocycles. The van der Waals surface area contributed by atoms with Crippen LogP contribution in [0.1, 0.15) is 0 Å². The number of rotatable bonds is 3. The molecule has 0 atom stereocenters. The first kappa shape index (κ1) is 13.8. The molecular weight excluding hydrogens is 310 g/mol. The standard InChI is InChI=1S/C14H8ClN3O2S/c15-14-16-12-4-2-1-3-11(12)13(17-14)21-10-7-5-9(6-8-10)18(19)20/h1-8H. The average Bonchev–Trinajstić information content (AvgIpc) is 2.47. The van der Waals surface area contributed by atoms with Gasteiger partial charge in [-0.1, -0.05) is 30.0 Å². The summed E-state index contributed by atoms with van der Waals surface area (Å²) in [5, 5.41) is 12.4. The summed E-state index contributed by atoms with van der Waals surface area (Å²) in [7, 11) is 0. The smallest absolute Gasteiger partial charge is 0.258 e. The van der Waals surface area contributed by atoms with E-state index in [1.807, 2.05) is 24.3 Å². The summed E-state index contributed by atoms with van der Waals surface area (Å²) >= 11 is 7.33. The zero-order valence-electron chi connectivity index (χ0n) is 10.6. The lowest BCUT2D eigenvalue weighted by Crippen LogP contribution is -1.90. The number of para-hydroxylation sites is 1. The molecule has 0 aliphatic rings. The van der Waals surface area contributed by atoms with Gasteiger partial charge in [-0.05, 0) is 29.8 Å². The number of aromatic nitrogens is 2.